The van der Waals surface area contributed by atoms with Crippen molar-refractivity contribution in [1.29, 1.82) is 0 Å². The van der Waals surface area contributed by atoms with Gasteiger partial charge in [0.15, 0.2) is 28.2 Å². The first kappa shape index (κ1) is 32.5. The number of oxazole rings is 4. The third kappa shape index (κ3) is 5.15. The topological polar surface area (TPSA) is 104 Å². The van der Waals surface area contributed by atoms with Crippen molar-refractivity contribution in [1.82, 2.24) is 19.9 Å². The summed E-state index contributed by atoms with van der Waals surface area (Å²) < 4.78 is 111. The van der Waals surface area contributed by atoms with Gasteiger partial charge in [-0.15, -0.1) is 0 Å². The number of nitrogens with zero attached hydrogens (tertiary/aromatic N) is 4. The van der Waals surface area contributed by atoms with Crippen LogP contribution >= 0.6 is 0 Å². The van der Waals surface area contributed by atoms with Crippen LogP contribution in [0.25, 0.3) is 78.8 Å². The first-order chi connectivity index (χ1) is 25.3. The summed E-state index contributed by atoms with van der Waals surface area (Å²) in [6.45, 7) is 3.34. The highest BCUT2D eigenvalue weighted by Crippen LogP contribution is 2.56. The van der Waals surface area contributed by atoms with Crippen LogP contribution < -0.4 is 0 Å². The first-order valence-corrected chi connectivity index (χ1v) is 16.1. The van der Waals surface area contributed by atoms with Crippen LogP contribution in [0.15, 0.2) is 115 Å². The molecule has 9 aromatic rings. The Hall–Kier alpha value is -6.44. The number of halogens is 6. The molecule has 14 heteroatoms. The number of alkyl halides is 6. The molecular formula is C39H22F6N4O4. The average Bonchev–Trinajstić information content (AvgIpc) is 3.90. The van der Waals surface area contributed by atoms with E-state index in [9.17, 15) is 26.3 Å². The van der Waals surface area contributed by atoms with Crippen molar-refractivity contribution in [3.8, 4) is 34.4 Å². The molecule has 264 valence electrons. The van der Waals surface area contributed by atoms with E-state index in [0.717, 1.165) is 42.0 Å². The van der Waals surface area contributed by atoms with Gasteiger partial charge in [0.25, 0.3) is 0 Å². The molecule has 0 spiro atoms. The van der Waals surface area contributed by atoms with E-state index in [1.54, 1.807) is 50.2 Å². The Kier molecular flexibility index (Phi) is 6.91. The summed E-state index contributed by atoms with van der Waals surface area (Å²) in [5.74, 6) is 1.28. The maximum atomic E-state index is 14.5. The third-order valence-corrected chi connectivity index (χ3v) is 9.18. The highest BCUT2D eigenvalue weighted by Gasteiger charge is 2.72. The van der Waals surface area contributed by atoms with Crippen LogP contribution in [-0.2, 0) is 5.41 Å². The van der Waals surface area contributed by atoms with Crippen LogP contribution in [0.2, 0.25) is 0 Å². The van der Waals surface area contributed by atoms with E-state index < -0.39 is 28.9 Å². The molecule has 0 aliphatic rings. The van der Waals surface area contributed by atoms with Gasteiger partial charge in [-0.1, -0.05) is 42.0 Å². The molecule has 0 radical (unpaired) electrons. The molecule has 0 N–H and O–H groups in total. The molecule has 0 unspecified atom stereocenters. The Morgan fingerprint density at radius 1 is 0.415 bits per heavy atom. The molecule has 4 heterocycles. The molecule has 0 bridgehead atoms. The number of hydrogen-bond donors (Lipinski definition) is 0. The van der Waals surface area contributed by atoms with Crippen molar-refractivity contribution in [2.45, 2.75) is 31.6 Å². The van der Waals surface area contributed by atoms with Crippen molar-refractivity contribution < 1.29 is 44.0 Å². The summed E-state index contributed by atoms with van der Waals surface area (Å²) in [5, 5.41) is 0. The molecule has 0 atom stereocenters. The number of rotatable bonds is 5. The summed E-state index contributed by atoms with van der Waals surface area (Å²) in [4.78, 5) is 17.9. The van der Waals surface area contributed by atoms with Gasteiger partial charge in [-0.2, -0.15) is 26.3 Å². The molecule has 0 saturated carbocycles. The summed E-state index contributed by atoms with van der Waals surface area (Å²) in [6.07, 6.45) is -11.4. The molecular weight excluding hydrogens is 702 g/mol. The van der Waals surface area contributed by atoms with Gasteiger partial charge in [-0.25, -0.2) is 19.9 Å². The Morgan fingerprint density at radius 2 is 0.755 bits per heavy atom. The van der Waals surface area contributed by atoms with E-state index in [1.165, 1.54) is 12.1 Å². The van der Waals surface area contributed by atoms with Crippen molar-refractivity contribution in [2.24, 2.45) is 0 Å². The van der Waals surface area contributed by atoms with Crippen LogP contribution in [0.3, 0.4) is 0 Å². The average molecular weight is 725 g/mol. The molecule has 0 saturated heterocycles. The number of hydrogen-bond acceptors (Lipinski definition) is 8. The lowest BCUT2D eigenvalue weighted by molar-refractivity contribution is -0.288. The van der Waals surface area contributed by atoms with Crippen molar-refractivity contribution in [3.05, 3.63) is 120 Å². The molecule has 0 aliphatic carbocycles. The van der Waals surface area contributed by atoms with Crippen LogP contribution in [0.1, 0.15) is 22.6 Å². The number of aryl methyl sites for hydroxylation is 2. The Labute approximate surface area is 293 Å². The van der Waals surface area contributed by atoms with E-state index in [1.807, 2.05) is 12.1 Å². The number of aromatic nitrogens is 4. The van der Waals surface area contributed by atoms with Crippen molar-refractivity contribution in [2.75, 3.05) is 0 Å². The van der Waals surface area contributed by atoms with Crippen LogP contribution in [0, 0.1) is 13.8 Å². The van der Waals surface area contributed by atoms with Gasteiger partial charge in [0.2, 0.25) is 23.1 Å². The highest BCUT2D eigenvalue weighted by molar-refractivity contribution is 5.92. The number of benzene rings is 5. The normalized spacial score (nSPS) is 12.9. The number of fused-ring (bicyclic) bond motifs is 4. The highest BCUT2D eigenvalue weighted by atomic mass is 19.4. The predicted octanol–water partition coefficient (Wildman–Crippen LogP) is 11.3. The second-order valence-corrected chi connectivity index (χ2v) is 12.6. The smallest absolute Gasteiger partial charge is 0.411 e. The fraction of sp³-hybridized carbons (Fsp3) is 0.128. The Bertz CT molecular complexity index is 2710. The molecule has 8 nitrogen and oxygen atoms in total. The minimum Gasteiger partial charge on any atom is -0.441 e. The van der Waals surface area contributed by atoms with Crippen molar-refractivity contribution in [3.63, 3.8) is 0 Å². The predicted molar refractivity (Wildman–Crippen MR) is 182 cm³/mol. The van der Waals surface area contributed by atoms with Crippen LogP contribution in [0.5, 0.6) is 0 Å². The zero-order chi connectivity index (χ0) is 36.9. The van der Waals surface area contributed by atoms with Crippen molar-refractivity contribution >= 4 is 44.4 Å². The molecule has 0 fully saturated rings. The van der Waals surface area contributed by atoms with E-state index in [-0.39, 0.29) is 17.0 Å². The summed E-state index contributed by atoms with van der Waals surface area (Å²) in [7, 11) is 0. The Morgan fingerprint density at radius 3 is 1.15 bits per heavy atom. The van der Waals surface area contributed by atoms with Crippen LogP contribution in [-0.4, -0.2) is 32.3 Å². The molecule has 53 heavy (non-hydrogen) atoms. The van der Waals surface area contributed by atoms with Gasteiger partial charge in [0, 0.05) is 35.7 Å². The van der Waals surface area contributed by atoms with Gasteiger partial charge in [0.05, 0.1) is 0 Å². The molecule has 0 amide bonds. The molecule has 0 aliphatic heterocycles. The van der Waals surface area contributed by atoms with E-state index in [0.29, 0.717) is 67.6 Å². The molecule has 5 aromatic carbocycles. The second kappa shape index (κ2) is 11.3. The minimum absolute atomic E-state index is 0.00542. The lowest BCUT2D eigenvalue weighted by Crippen LogP contribution is -2.54. The van der Waals surface area contributed by atoms with E-state index in [4.69, 9.17) is 17.7 Å². The summed E-state index contributed by atoms with van der Waals surface area (Å²) in [5.41, 5.74) is -0.107. The molecule has 4 aromatic heterocycles. The maximum Gasteiger partial charge on any atom is 0.411 e. The quantitative estimate of drug-likeness (QED) is 0.162. The maximum absolute atomic E-state index is 14.5. The standard InChI is InChI=1S/C39H22F6N4O4/c1-19-3-11-24(12-4-19)37(38(40,41)42,39(43,44)45)25-13-9-23(10-14-25)36-49-29-16-28-32(18-33(29)53-36)52-35(48-28)22-7-5-21(6-8-22)34-47-27-15-26-30(17-31(27)51-34)50-20(2)46-26/h3-18H,1-2H3. The fourth-order valence-corrected chi connectivity index (χ4v) is 6.59. The van der Waals surface area contributed by atoms with Gasteiger partial charge in [-0.05, 0) is 66.6 Å². The van der Waals surface area contributed by atoms with Gasteiger partial charge < -0.3 is 17.7 Å². The molecule has 9 rings (SSSR count). The zero-order valence-electron chi connectivity index (χ0n) is 27.4. The largest absolute Gasteiger partial charge is 0.441 e. The second-order valence-electron chi connectivity index (χ2n) is 12.6. The fourth-order valence-electron chi connectivity index (χ4n) is 6.59. The summed E-state index contributed by atoms with van der Waals surface area (Å²) in [6, 6.07) is 22.0. The monoisotopic (exact) mass is 724 g/mol. The first-order valence-electron chi connectivity index (χ1n) is 16.1. The third-order valence-electron chi connectivity index (χ3n) is 9.18. The van der Waals surface area contributed by atoms with Crippen LogP contribution in [0.4, 0.5) is 26.3 Å². The SMILES string of the molecule is Cc1ccc(C(c2ccc(-c3nc4cc5nc(-c6ccc(-c7nc8cc9nc(C)oc9cc8o7)cc6)oc5cc4o3)cc2)(C(F)(F)F)C(F)(F)F)cc1. The zero-order valence-corrected chi connectivity index (χ0v) is 27.4. The van der Waals surface area contributed by atoms with E-state index in [2.05, 4.69) is 19.9 Å². The lowest BCUT2D eigenvalue weighted by Gasteiger charge is -2.38. The lowest BCUT2D eigenvalue weighted by atomic mass is 9.72. The van der Waals surface area contributed by atoms with Gasteiger partial charge in [0.1, 0.15) is 22.1 Å². The Balaban J connectivity index is 0.999. The summed E-state index contributed by atoms with van der Waals surface area (Å²) >= 11 is 0. The van der Waals surface area contributed by atoms with Gasteiger partial charge >= 0.3 is 12.4 Å². The van der Waals surface area contributed by atoms with Gasteiger partial charge in [-0.3, -0.25) is 0 Å². The minimum atomic E-state index is -5.70. The van der Waals surface area contributed by atoms with E-state index >= 15 is 0 Å².